The van der Waals surface area contributed by atoms with E-state index in [-0.39, 0.29) is 11.8 Å². The van der Waals surface area contributed by atoms with Gasteiger partial charge in [0.2, 0.25) is 0 Å². The van der Waals surface area contributed by atoms with Gasteiger partial charge in [-0.2, -0.15) is 0 Å². The molecule has 1 aromatic carbocycles. The van der Waals surface area contributed by atoms with Crippen LogP contribution in [0.15, 0.2) is 18.2 Å². The number of rotatable bonds is 4. The molecule has 0 amide bonds. The lowest BCUT2D eigenvalue weighted by atomic mass is 10.2. The quantitative estimate of drug-likeness (QED) is 0.860. The molecule has 3 rings (SSSR count). The lowest BCUT2D eigenvalue weighted by Crippen LogP contribution is -2.37. The summed E-state index contributed by atoms with van der Waals surface area (Å²) < 4.78 is 20.7. The molecule has 0 aliphatic carbocycles. The van der Waals surface area contributed by atoms with E-state index in [1.54, 1.807) is 6.07 Å². The zero-order chi connectivity index (χ0) is 16.6. The van der Waals surface area contributed by atoms with Gasteiger partial charge in [0, 0.05) is 19.5 Å². The van der Waals surface area contributed by atoms with Crippen molar-refractivity contribution in [2.24, 2.45) is 0 Å². The Kier molecular flexibility index (Phi) is 4.32. The minimum Gasteiger partial charge on any atom is -0.468 e. The van der Waals surface area contributed by atoms with Gasteiger partial charge in [-0.1, -0.05) is 6.07 Å². The van der Waals surface area contributed by atoms with E-state index in [9.17, 15) is 14.3 Å². The summed E-state index contributed by atoms with van der Waals surface area (Å²) in [6, 6.07) is 4.38. The van der Waals surface area contributed by atoms with Crippen LogP contribution in [0, 0.1) is 5.82 Å². The Labute approximate surface area is 133 Å². The second-order valence-corrected chi connectivity index (χ2v) is 5.74. The van der Waals surface area contributed by atoms with E-state index in [1.165, 1.54) is 13.2 Å². The van der Waals surface area contributed by atoms with Crippen molar-refractivity contribution in [1.29, 1.82) is 0 Å². The van der Waals surface area contributed by atoms with Crippen molar-refractivity contribution in [2.45, 2.75) is 38.6 Å². The number of imidazole rings is 1. The standard InChI is InChI=1S/C16H20FN3O3/c1-3-20-12-6-4-5-11(17)15(12)18-14(20)9-19-8-10(21)7-13(19)16(22)23-2/h4-6,10,13,21H,3,7-9H2,1-2H3/t10-,13-/m1/s1. The number of carbonyl (C=O) groups excluding carboxylic acids is 1. The maximum Gasteiger partial charge on any atom is 0.323 e. The molecule has 1 N–H and O–H groups in total. The summed E-state index contributed by atoms with van der Waals surface area (Å²) >= 11 is 0. The normalized spacial score (nSPS) is 21.9. The number of hydrogen-bond donors (Lipinski definition) is 1. The number of halogens is 1. The average Bonchev–Trinajstić information content (AvgIpc) is 3.08. The monoisotopic (exact) mass is 321 g/mol. The van der Waals surface area contributed by atoms with Gasteiger partial charge in [-0.3, -0.25) is 9.69 Å². The van der Waals surface area contributed by atoms with Crippen LogP contribution in [0.25, 0.3) is 11.0 Å². The predicted molar refractivity (Wildman–Crippen MR) is 82.2 cm³/mol. The molecule has 1 saturated heterocycles. The summed E-state index contributed by atoms with van der Waals surface area (Å²) in [5.41, 5.74) is 1.07. The number of para-hydroxylation sites is 1. The van der Waals surface area contributed by atoms with Crippen molar-refractivity contribution < 1.29 is 19.0 Å². The van der Waals surface area contributed by atoms with Gasteiger partial charge in [-0.05, 0) is 19.1 Å². The second-order valence-electron chi connectivity index (χ2n) is 5.74. The maximum absolute atomic E-state index is 13.9. The first-order valence-electron chi connectivity index (χ1n) is 7.68. The molecule has 1 aliphatic heterocycles. The summed E-state index contributed by atoms with van der Waals surface area (Å²) in [5, 5.41) is 9.87. The summed E-state index contributed by atoms with van der Waals surface area (Å²) in [5.74, 6) is -0.0515. The van der Waals surface area contributed by atoms with E-state index in [2.05, 4.69) is 4.98 Å². The molecule has 124 valence electrons. The highest BCUT2D eigenvalue weighted by Gasteiger charge is 2.37. The number of aliphatic hydroxyl groups is 1. The van der Waals surface area contributed by atoms with Gasteiger partial charge in [0.25, 0.3) is 0 Å². The number of aromatic nitrogens is 2. The first-order valence-corrected chi connectivity index (χ1v) is 7.68. The van der Waals surface area contributed by atoms with Crippen LogP contribution in [0.3, 0.4) is 0 Å². The summed E-state index contributed by atoms with van der Waals surface area (Å²) in [6.45, 7) is 3.34. The number of β-amino-alcohol motifs (C(OH)–C–C–N with tert-alkyl or cyclic N) is 1. The summed E-state index contributed by atoms with van der Waals surface area (Å²) in [6.07, 6.45) is -0.233. The Hall–Kier alpha value is -1.99. The fourth-order valence-electron chi connectivity index (χ4n) is 3.25. The molecule has 2 aromatic rings. The highest BCUT2D eigenvalue weighted by Crippen LogP contribution is 2.24. The van der Waals surface area contributed by atoms with Gasteiger partial charge < -0.3 is 14.4 Å². The lowest BCUT2D eigenvalue weighted by Gasteiger charge is -2.21. The zero-order valence-electron chi connectivity index (χ0n) is 13.2. The smallest absolute Gasteiger partial charge is 0.323 e. The molecule has 1 fully saturated rings. The molecule has 0 unspecified atom stereocenters. The Bertz CT molecular complexity index is 731. The van der Waals surface area contributed by atoms with E-state index in [1.807, 2.05) is 22.5 Å². The number of aliphatic hydroxyl groups excluding tert-OH is 1. The third-order valence-electron chi connectivity index (χ3n) is 4.32. The lowest BCUT2D eigenvalue weighted by molar-refractivity contribution is -0.146. The van der Waals surface area contributed by atoms with Gasteiger partial charge in [0.15, 0.2) is 5.82 Å². The average molecular weight is 321 g/mol. The number of fused-ring (bicyclic) bond motifs is 1. The van der Waals surface area contributed by atoms with E-state index >= 15 is 0 Å². The fourth-order valence-corrected chi connectivity index (χ4v) is 3.25. The molecule has 0 bridgehead atoms. The van der Waals surface area contributed by atoms with Crippen LogP contribution in [-0.4, -0.2) is 51.3 Å². The van der Waals surface area contributed by atoms with Crippen LogP contribution in [0.1, 0.15) is 19.2 Å². The number of methoxy groups -OCH3 is 1. The van der Waals surface area contributed by atoms with Gasteiger partial charge in [-0.15, -0.1) is 0 Å². The number of aryl methyl sites for hydroxylation is 1. The van der Waals surface area contributed by atoms with Crippen molar-refractivity contribution in [1.82, 2.24) is 14.5 Å². The molecule has 23 heavy (non-hydrogen) atoms. The molecular weight excluding hydrogens is 301 g/mol. The van der Waals surface area contributed by atoms with Gasteiger partial charge in [0.1, 0.15) is 17.4 Å². The topological polar surface area (TPSA) is 67.6 Å². The number of carbonyl (C=O) groups is 1. The number of nitrogens with zero attached hydrogens (tertiary/aromatic N) is 3. The predicted octanol–water partition coefficient (Wildman–Crippen LogP) is 1.30. The minimum atomic E-state index is -0.574. The molecule has 0 spiro atoms. The summed E-state index contributed by atoms with van der Waals surface area (Å²) in [7, 11) is 1.34. The van der Waals surface area contributed by atoms with Crippen LogP contribution in [0.4, 0.5) is 4.39 Å². The number of hydrogen-bond acceptors (Lipinski definition) is 5. The maximum atomic E-state index is 13.9. The van der Waals surface area contributed by atoms with Crippen LogP contribution >= 0.6 is 0 Å². The van der Waals surface area contributed by atoms with Gasteiger partial charge in [-0.25, -0.2) is 9.37 Å². The van der Waals surface area contributed by atoms with Crippen molar-refractivity contribution in [2.75, 3.05) is 13.7 Å². The number of ether oxygens (including phenoxy) is 1. The Balaban J connectivity index is 1.94. The van der Waals surface area contributed by atoms with Crippen LogP contribution in [-0.2, 0) is 22.6 Å². The number of benzene rings is 1. The molecule has 6 nitrogen and oxygen atoms in total. The SMILES string of the molecule is CCn1c(CN2C[C@H](O)C[C@@H]2C(=O)OC)nc2c(F)cccc21. The highest BCUT2D eigenvalue weighted by atomic mass is 19.1. The highest BCUT2D eigenvalue weighted by molar-refractivity contribution is 5.77. The van der Waals surface area contributed by atoms with E-state index < -0.39 is 12.1 Å². The second kappa shape index (κ2) is 6.25. The fraction of sp³-hybridized carbons (Fsp3) is 0.500. The third kappa shape index (κ3) is 2.82. The van der Waals surface area contributed by atoms with Crippen LogP contribution in [0.2, 0.25) is 0 Å². The van der Waals surface area contributed by atoms with E-state index in [0.29, 0.717) is 37.4 Å². The minimum absolute atomic E-state index is 0.332. The molecular formula is C16H20FN3O3. The molecule has 1 aliphatic rings. The Morgan fingerprint density at radius 1 is 1.52 bits per heavy atom. The van der Waals surface area contributed by atoms with Gasteiger partial charge in [0.05, 0.1) is 25.3 Å². The first-order chi connectivity index (χ1) is 11.0. The van der Waals surface area contributed by atoms with Gasteiger partial charge >= 0.3 is 5.97 Å². The molecule has 0 radical (unpaired) electrons. The number of esters is 1. The Morgan fingerprint density at radius 3 is 3.00 bits per heavy atom. The molecule has 2 heterocycles. The largest absolute Gasteiger partial charge is 0.468 e. The molecule has 7 heteroatoms. The molecule has 2 atom stereocenters. The van der Waals surface area contributed by atoms with Crippen molar-refractivity contribution in [3.05, 3.63) is 29.8 Å². The third-order valence-corrected chi connectivity index (χ3v) is 4.32. The van der Waals surface area contributed by atoms with Crippen molar-refractivity contribution in [3.8, 4) is 0 Å². The first kappa shape index (κ1) is 15.9. The van der Waals surface area contributed by atoms with Crippen molar-refractivity contribution in [3.63, 3.8) is 0 Å². The van der Waals surface area contributed by atoms with E-state index in [4.69, 9.17) is 4.74 Å². The summed E-state index contributed by atoms with van der Waals surface area (Å²) in [4.78, 5) is 18.1. The number of likely N-dealkylation sites (tertiary alicyclic amines) is 1. The molecule has 0 saturated carbocycles. The van der Waals surface area contributed by atoms with Crippen LogP contribution in [0.5, 0.6) is 0 Å². The van der Waals surface area contributed by atoms with Crippen LogP contribution < -0.4 is 0 Å². The Morgan fingerprint density at radius 2 is 2.30 bits per heavy atom. The zero-order valence-corrected chi connectivity index (χ0v) is 13.2. The van der Waals surface area contributed by atoms with Crippen molar-refractivity contribution >= 4 is 17.0 Å². The molecule has 1 aromatic heterocycles. The van der Waals surface area contributed by atoms with E-state index in [0.717, 1.165) is 5.52 Å².